The van der Waals surface area contributed by atoms with Crippen LogP contribution in [0.1, 0.15) is 59.3 Å². The highest BCUT2D eigenvalue weighted by atomic mass is 32.2. The fourth-order valence-corrected chi connectivity index (χ4v) is 4.79. The summed E-state index contributed by atoms with van der Waals surface area (Å²) in [7, 11) is 1.31. The number of carbonyl (C=O) groups excluding carboxylic acids is 2. The smallest absolute Gasteiger partial charge is 0.339 e. The molecular weight excluding hydrogens is 454 g/mol. The molecule has 3 aromatic rings. The van der Waals surface area contributed by atoms with Crippen LogP contribution in [-0.4, -0.2) is 51.4 Å². The number of nitrogens with zero attached hydrogens (tertiary/aromatic N) is 2. The van der Waals surface area contributed by atoms with Gasteiger partial charge in [-0.2, -0.15) is 0 Å². The van der Waals surface area contributed by atoms with E-state index in [0.717, 1.165) is 0 Å². The molecule has 0 spiro atoms. The summed E-state index contributed by atoms with van der Waals surface area (Å²) in [6.07, 6.45) is 0.756. The lowest BCUT2D eigenvalue weighted by atomic mass is 10.1. The fraction of sp³-hybridized carbons (Fsp3) is 0.440. The first kappa shape index (κ1) is 25.7. The van der Waals surface area contributed by atoms with Crippen LogP contribution in [-0.2, 0) is 16.0 Å². The second kappa shape index (κ2) is 11.0. The third-order valence-electron chi connectivity index (χ3n) is 5.53. The Bertz CT molecular complexity index is 1260. The van der Waals surface area contributed by atoms with Gasteiger partial charge in [0.15, 0.2) is 10.9 Å². The predicted molar refractivity (Wildman–Crippen MR) is 133 cm³/mol. The number of thioether (sulfide) groups is 1. The van der Waals surface area contributed by atoms with E-state index >= 15 is 0 Å². The lowest BCUT2D eigenvalue weighted by molar-refractivity contribution is 0.0599. The maximum Gasteiger partial charge on any atom is 0.339 e. The first-order valence-electron chi connectivity index (χ1n) is 11.2. The number of carbonyl (C=O) groups is 2. The first-order chi connectivity index (χ1) is 16.1. The van der Waals surface area contributed by atoms with Gasteiger partial charge in [0.25, 0.3) is 5.56 Å². The minimum Gasteiger partial charge on any atom is -0.465 e. The largest absolute Gasteiger partial charge is 0.465 e. The molecule has 0 saturated carbocycles. The molecule has 2 aromatic heterocycles. The quantitative estimate of drug-likeness (QED) is 0.150. The Kier molecular flexibility index (Phi) is 8.33. The average Bonchev–Trinajstić information content (AvgIpc) is 3.10. The van der Waals surface area contributed by atoms with Crippen LogP contribution in [0.5, 0.6) is 0 Å². The molecule has 1 unspecified atom stereocenters. The molecule has 0 aliphatic rings. The molecule has 0 aliphatic heterocycles. The summed E-state index contributed by atoms with van der Waals surface area (Å²) in [4.78, 5) is 46.4. The van der Waals surface area contributed by atoms with Crippen molar-refractivity contribution in [2.24, 2.45) is 0 Å². The van der Waals surface area contributed by atoms with E-state index in [1.165, 1.54) is 18.9 Å². The lowest BCUT2D eigenvalue weighted by Crippen LogP contribution is -2.26. The van der Waals surface area contributed by atoms with Crippen molar-refractivity contribution in [3.63, 3.8) is 0 Å². The molecule has 0 aliphatic carbocycles. The SMILES string of the molecule is COC(=O)c1c(C)[nH]c(C(=O)C(C)Sc2nc3ccccc3c(=O)n2CCCOC(C)C)c1C. The fourth-order valence-electron chi connectivity index (χ4n) is 3.80. The monoisotopic (exact) mass is 485 g/mol. The number of para-hydroxylation sites is 1. The number of methoxy groups -OCH3 is 1. The summed E-state index contributed by atoms with van der Waals surface area (Å²) in [6.45, 7) is 10.1. The van der Waals surface area contributed by atoms with E-state index < -0.39 is 11.2 Å². The average molecular weight is 486 g/mol. The van der Waals surface area contributed by atoms with Gasteiger partial charge in [-0.15, -0.1) is 0 Å². The molecule has 3 rings (SSSR count). The molecule has 0 fully saturated rings. The van der Waals surface area contributed by atoms with E-state index in [2.05, 4.69) is 4.98 Å². The van der Waals surface area contributed by atoms with Crippen LogP contribution in [0.3, 0.4) is 0 Å². The zero-order valence-electron chi connectivity index (χ0n) is 20.4. The van der Waals surface area contributed by atoms with E-state index in [4.69, 9.17) is 14.5 Å². The molecule has 1 aromatic carbocycles. The zero-order chi connectivity index (χ0) is 25.0. The number of aryl methyl sites for hydroxylation is 1. The van der Waals surface area contributed by atoms with E-state index in [-0.39, 0.29) is 17.4 Å². The van der Waals surface area contributed by atoms with Gasteiger partial charge in [-0.1, -0.05) is 23.9 Å². The zero-order valence-corrected chi connectivity index (χ0v) is 21.2. The maximum atomic E-state index is 13.3. The maximum absolute atomic E-state index is 13.3. The van der Waals surface area contributed by atoms with Gasteiger partial charge < -0.3 is 14.5 Å². The summed E-state index contributed by atoms with van der Waals surface area (Å²) in [5.74, 6) is -0.669. The van der Waals surface area contributed by atoms with Gasteiger partial charge in [-0.05, 0) is 58.7 Å². The van der Waals surface area contributed by atoms with Crippen molar-refractivity contribution in [2.75, 3.05) is 13.7 Å². The summed E-state index contributed by atoms with van der Waals surface area (Å²) < 4.78 is 12.1. The molecule has 8 nitrogen and oxygen atoms in total. The molecule has 34 heavy (non-hydrogen) atoms. The molecule has 182 valence electrons. The van der Waals surface area contributed by atoms with Gasteiger partial charge in [0, 0.05) is 18.8 Å². The van der Waals surface area contributed by atoms with E-state index in [9.17, 15) is 14.4 Å². The predicted octanol–water partition coefficient (Wildman–Crippen LogP) is 4.31. The Hall–Kier alpha value is -2.91. The van der Waals surface area contributed by atoms with E-state index in [1.54, 1.807) is 37.5 Å². The van der Waals surface area contributed by atoms with Crippen LogP contribution in [0.4, 0.5) is 0 Å². The van der Waals surface area contributed by atoms with Gasteiger partial charge in [-0.3, -0.25) is 14.2 Å². The third kappa shape index (κ3) is 5.42. The Labute approximate surface area is 203 Å². The second-order valence-corrected chi connectivity index (χ2v) is 9.69. The van der Waals surface area contributed by atoms with Crippen LogP contribution in [0.15, 0.2) is 34.2 Å². The highest BCUT2D eigenvalue weighted by Crippen LogP contribution is 2.28. The molecule has 2 heterocycles. The number of H-pyrrole nitrogens is 1. The van der Waals surface area contributed by atoms with Gasteiger partial charge in [0.2, 0.25) is 0 Å². The number of ether oxygens (including phenoxy) is 2. The standard InChI is InChI=1S/C25H31N3O5S/c1-14(2)33-13-9-12-28-23(30)18-10-7-8-11-19(18)27-25(28)34-17(5)22(29)21-15(3)20(16(4)26-21)24(31)32-6/h7-8,10-11,14,17,26H,9,12-13H2,1-6H3. The molecule has 1 N–H and O–H groups in total. The number of hydrogen-bond donors (Lipinski definition) is 1. The van der Waals surface area contributed by atoms with Crippen LogP contribution >= 0.6 is 11.8 Å². The Balaban J connectivity index is 1.92. The van der Waals surface area contributed by atoms with Gasteiger partial charge >= 0.3 is 5.97 Å². The Morgan fingerprint density at radius 3 is 2.56 bits per heavy atom. The summed E-state index contributed by atoms with van der Waals surface area (Å²) in [5, 5.41) is 0.464. The first-order valence-corrected chi connectivity index (χ1v) is 12.1. The molecule has 0 saturated heterocycles. The van der Waals surface area contributed by atoms with Gasteiger partial charge in [-0.25, -0.2) is 9.78 Å². The molecule has 0 bridgehead atoms. The molecule has 9 heteroatoms. The number of fused-ring (bicyclic) bond motifs is 1. The van der Waals surface area contributed by atoms with Crippen molar-refractivity contribution < 1.29 is 19.1 Å². The Morgan fingerprint density at radius 2 is 1.88 bits per heavy atom. The summed E-state index contributed by atoms with van der Waals surface area (Å²) >= 11 is 1.23. The van der Waals surface area contributed by atoms with Crippen molar-refractivity contribution in [3.8, 4) is 0 Å². The van der Waals surface area contributed by atoms with E-state index in [1.807, 2.05) is 26.0 Å². The van der Waals surface area contributed by atoms with Crippen molar-refractivity contribution >= 4 is 34.4 Å². The summed E-state index contributed by atoms with van der Waals surface area (Å²) in [6, 6.07) is 7.19. The number of rotatable bonds is 10. The van der Waals surface area contributed by atoms with Crippen molar-refractivity contribution in [3.05, 3.63) is 57.1 Å². The molecule has 1 atom stereocenters. The van der Waals surface area contributed by atoms with Crippen LogP contribution in [0, 0.1) is 13.8 Å². The van der Waals surface area contributed by atoms with Gasteiger partial charge in [0.1, 0.15) is 0 Å². The Morgan fingerprint density at radius 1 is 1.18 bits per heavy atom. The van der Waals surface area contributed by atoms with Crippen LogP contribution in [0.2, 0.25) is 0 Å². The number of esters is 1. The highest BCUT2D eigenvalue weighted by molar-refractivity contribution is 8.00. The number of Topliss-reactive ketones (excluding diaryl/α,β-unsaturated/α-hetero) is 1. The number of ketones is 1. The van der Waals surface area contributed by atoms with Crippen molar-refractivity contribution in [1.29, 1.82) is 0 Å². The number of benzene rings is 1. The highest BCUT2D eigenvalue weighted by Gasteiger charge is 2.27. The third-order valence-corrected chi connectivity index (χ3v) is 6.62. The number of hydrogen-bond acceptors (Lipinski definition) is 7. The second-order valence-electron chi connectivity index (χ2n) is 8.38. The molecule has 0 amide bonds. The van der Waals surface area contributed by atoms with Crippen LogP contribution in [0.25, 0.3) is 10.9 Å². The normalized spacial score (nSPS) is 12.3. The van der Waals surface area contributed by atoms with Crippen molar-refractivity contribution in [2.45, 2.75) is 64.1 Å². The topological polar surface area (TPSA) is 103 Å². The minimum absolute atomic E-state index is 0.111. The minimum atomic E-state index is -0.548. The van der Waals surface area contributed by atoms with Crippen LogP contribution < -0.4 is 5.56 Å². The number of aromatic nitrogens is 3. The van der Waals surface area contributed by atoms with Crippen molar-refractivity contribution in [1.82, 2.24) is 14.5 Å². The summed E-state index contributed by atoms with van der Waals surface area (Å²) in [5.41, 5.74) is 2.31. The number of nitrogens with one attached hydrogen (secondary N) is 1. The molecular formula is C25H31N3O5S. The van der Waals surface area contributed by atoms with Gasteiger partial charge in [0.05, 0.1) is 40.6 Å². The number of aromatic amines is 1. The molecule has 0 radical (unpaired) electrons. The van der Waals surface area contributed by atoms with E-state index in [0.29, 0.717) is 58.1 Å². The lowest BCUT2D eigenvalue weighted by Gasteiger charge is -2.16.